The van der Waals surface area contributed by atoms with Crippen molar-refractivity contribution in [1.82, 2.24) is 0 Å². The molecule has 0 unspecified atom stereocenters. The summed E-state index contributed by atoms with van der Waals surface area (Å²) in [5, 5.41) is 0. The average Bonchev–Trinajstić information content (AvgIpc) is 2.39. The molecule has 2 aromatic rings. The average molecular weight is 254 g/mol. The van der Waals surface area contributed by atoms with Crippen LogP contribution in [0.3, 0.4) is 0 Å². The van der Waals surface area contributed by atoms with Gasteiger partial charge in [0.25, 0.3) is 0 Å². The summed E-state index contributed by atoms with van der Waals surface area (Å²) in [7, 11) is 0. The lowest BCUT2D eigenvalue weighted by atomic mass is 9.93. The van der Waals surface area contributed by atoms with Gasteiger partial charge in [-0.05, 0) is 53.6 Å². The van der Waals surface area contributed by atoms with Gasteiger partial charge >= 0.3 is 0 Å². The van der Waals surface area contributed by atoms with Crippen molar-refractivity contribution in [1.29, 1.82) is 0 Å². The molecule has 0 spiro atoms. The second-order valence-electron chi connectivity index (χ2n) is 4.85. The van der Waals surface area contributed by atoms with Crippen LogP contribution in [0.15, 0.2) is 36.4 Å². The molecular weight excluding hydrogens is 232 g/mol. The van der Waals surface area contributed by atoms with Crippen molar-refractivity contribution < 1.29 is 0 Å². The van der Waals surface area contributed by atoms with Crippen LogP contribution < -0.4 is 11.5 Å². The molecular formula is C17H22N2. The van der Waals surface area contributed by atoms with Crippen molar-refractivity contribution in [3.05, 3.63) is 58.7 Å². The number of hydrogen-bond donors (Lipinski definition) is 2. The standard InChI is InChI=1S/C17H22N2/c1-3-14-12(7-5-9-16(14)18)11-13-8-6-10-17(19)15(13)4-2/h5-10H,3-4,11,18-19H2,1-2H3. The first-order valence-electron chi connectivity index (χ1n) is 6.89. The fraction of sp³-hybridized carbons (Fsp3) is 0.294. The van der Waals surface area contributed by atoms with Gasteiger partial charge in [-0.2, -0.15) is 0 Å². The molecule has 0 heterocycles. The van der Waals surface area contributed by atoms with E-state index in [0.717, 1.165) is 30.6 Å². The Morgan fingerprint density at radius 3 is 1.53 bits per heavy atom. The first kappa shape index (κ1) is 13.5. The molecule has 0 aliphatic carbocycles. The van der Waals surface area contributed by atoms with Gasteiger partial charge in [0.2, 0.25) is 0 Å². The van der Waals surface area contributed by atoms with Crippen LogP contribution in [0.4, 0.5) is 11.4 Å². The minimum atomic E-state index is 0.891. The molecule has 0 saturated heterocycles. The number of hydrogen-bond acceptors (Lipinski definition) is 2. The van der Waals surface area contributed by atoms with Crippen LogP contribution in [0, 0.1) is 0 Å². The van der Waals surface area contributed by atoms with E-state index in [4.69, 9.17) is 11.5 Å². The zero-order valence-corrected chi connectivity index (χ0v) is 11.7. The molecule has 2 aromatic carbocycles. The predicted molar refractivity (Wildman–Crippen MR) is 83.3 cm³/mol. The highest BCUT2D eigenvalue weighted by molar-refractivity contribution is 5.55. The van der Waals surface area contributed by atoms with Gasteiger partial charge in [-0.25, -0.2) is 0 Å². The van der Waals surface area contributed by atoms with Crippen molar-refractivity contribution in [3.8, 4) is 0 Å². The summed E-state index contributed by atoms with van der Waals surface area (Å²) < 4.78 is 0. The van der Waals surface area contributed by atoms with Gasteiger partial charge in [-0.3, -0.25) is 0 Å². The Morgan fingerprint density at radius 2 is 1.16 bits per heavy atom. The smallest absolute Gasteiger partial charge is 0.0349 e. The topological polar surface area (TPSA) is 52.0 Å². The van der Waals surface area contributed by atoms with Gasteiger partial charge in [0.15, 0.2) is 0 Å². The van der Waals surface area contributed by atoms with Gasteiger partial charge in [-0.1, -0.05) is 38.1 Å². The third-order valence-corrected chi connectivity index (χ3v) is 3.71. The first-order valence-corrected chi connectivity index (χ1v) is 6.89. The summed E-state index contributed by atoms with van der Waals surface area (Å²) in [6.07, 6.45) is 2.83. The molecule has 2 rings (SSSR count). The number of rotatable bonds is 4. The predicted octanol–water partition coefficient (Wildman–Crippen LogP) is 3.57. The van der Waals surface area contributed by atoms with E-state index in [1.807, 2.05) is 24.3 Å². The summed E-state index contributed by atoms with van der Waals surface area (Å²) in [5.41, 5.74) is 19.0. The van der Waals surface area contributed by atoms with Crippen LogP contribution in [0.2, 0.25) is 0 Å². The zero-order chi connectivity index (χ0) is 13.8. The van der Waals surface area contributed by atoms with Gasteiger partial charge in [0, 0.05) is 11.4 Å². The lowest BCUT2D eigenvalue weighted by Crippen LogP contribution is -2.03. The van der Waals surface area contributed by atoms with Crippen LogP contribution in [0.25, 0.3) is 0 Å². The van der Waals surface area contributed by atoms with E-state index in [1.165, 1.54) is 22.3 Å². The van der Waals surface area contributed by atoms with Crippen molar-refractivity contribution in [2.24, 2.45) is 0 Å². The third-order valence-electron chi connectivity index (χ3n) is 3.71. The molecule has 19 heavy (non-hydrogen) atoms. The summed E-state index contributed by atoms with van der Waals surface area (Å²) in [4.78, 5) is 0. The Kier molecular flexibility index (Phi) is 4.10. The second kappa shape index (κ2) is 5.79. The normalized spacial score (nSPS) is 10.6. The Labute approximate surface area is 115 Å². The van der Waals surface area contributed by atoms with Crippen molar-refractivity contribution in [2.75, 3.05) is 11.5 Å². The highest BCUT2D eigenvalue weighted by Crippen LogP contribution is 2.25. The Morgan fingerprint density at radius 1 is 0.737 bits per heavy atom. The molecule has 0 aliphatic heterocycles. The largest absolute Gasteiger partial charge is 0.398 e. The van der Waals surface area contributed by atoms with Crippen LogP contribution in [0.1, 0.15) is 36.1 Å². The molecule has 0 atom stereocenters. The molecule has 2 nitrogen and oxygen atoms in total. The molecule has 0 bridgehead atoms. The van der Waals surface area contributed by atoms with Crippen LogP contribution >= 0.6 is 0 Å². The lowest BCUT2D eigenvalue weighted by molar-refractivity contribution is 1.03. The minimum absolute atomic E-state index is 0.891. The number of nitrogen functional groups attached to an aromatic ring is 2. The fourth-order valence-corrected chi connectivity index (χ4v) is 2.71. The van der Waals surface area contributed by atoms with E-state index in [1.54, 1.807) is 0 Å². The highest BCUT2D eigenvalue weighted by atomic mass is 14.6. The van der Waals surface area contributed by atoms with E-state index in [2.05, 4.69) is 26.0 Å². The van der Waals surface area contributed by atoms with E-state index in [-0.39, 0.29) is 0 Å². The van der Waals surface area contributed by atoms with E-state index < -0.39 is 0 Å². The maximum absolute atomic E-state index is 6.06. The third kappa shape index (κ3) is 2.73. The monoisotopic (exact) mass is 254 g/mol. The van der Waals surface area contributed by atoms with Crippen LogP contribution in [0.5, 0.6) is 0 Å². The Balaban J connectivity index is 2.42. The van der Waals surface area contributed by atoms with Gasteiger partial charge in [0.05, 0.1) is 0 Å². The molecule has 4 N–H and O–H groups in total. The van der Waals surface area contributed by atoms with Crippen molar-refractivity contribution in [2.45, 2.75) is 33.1 Å². The van der Waals surface area contributed by atoms with Crippen molar-refractivity contribution >= 4 is 11.4 Å². The van der Waals surface area contributed by atoms with E-state index in [9.17, 15) is 0 Å². The number of benzene rings is 2. The van der Waals surface area contributed by atoms with E-state index >= 15 is 0 Å². The number of anilines is 2. The maximum Gasteiger partial charge on any atom is 0.0349 e. The zero-order valence-electron chi connectivity index (χ0n) is 11.7. The van der Waals surface area contributed by atoms with Gasteiger partial charge < -0.3 is 11.5 Å². The first-order chi connectivity index (χ1) is 9.17. The summed E-state index contributed by atoms with van der Waals surface area (Å²) in [6.45, 7) is 4.30. The summed E-state index contributed by atoms with van der Waals surface area (Å²) >= 11 is 0. The molecule has 2 heteroatoms. The number of nitrogens with two attached hydrogens (primary N) is 2. The molecule has 0 radical (unpaired) electrons. The second-order valence-corrected chi connectivity index (χ2v) is 4.85. The summed E-state index contributed by atoms with van der Waals surface area (Å²) in [6, 6.07) is 12.3. The molecule has 0 fully saturated rings. The Bertz CT molecular complexity index is 522. The maximum atomic E-state index is 6.06. The molecule has 0 amide bonds. The SMILES string of the molecule is CCc1c(N)cccc1Cc1cccc(N)c1CC. The molecule has 0 saturated carbocycles. The lowest BCUT2D eigenvalue weighted by Gasteiger charge is -2.14. The van der Waals surface area contributed by atoms with Crippen LogP contribution in [-0.2, 0) is 19.3 Å². The summed E-state index contributed by atoms with van der Waals surface area (Å²) in [5.74, 6) is 0. The fourth-order valence-electron chi connectivity index (χ4n) is 2.71. The van der Waals surface area contributed by atoms with E-state index in [0.29, 0.717) is 0 Å². The highest BCUT2D eigenvalue weighted by Gasteiger charge is 2.09. The Hall–Kier alpha value is -1.96. The molecule has 0 aliphatic rings. The molecule has 0 aromatic heterocycles. The van der Waals surface area contributed by atoms with Crippen molar-refractivity contribution in [3.63, 3.8) is 0 Å². The van der Waals surface area contributed by atoms with Gasteiger partial charge in [0.1, 0.15) is 0 Å². The molecule has 100 valence electrons. The quantitative estimate of drug-likeness (QED) is 0.820. The minimum Gasteiger partial charge on any atom is -0.398 e. The van der Waals surface area contributed by atoms with Gasteiger partial charge in [-0.15, -0.1) is 0 Å². The van der Waals surface area contributed by atoms with Crippen LogP contribution in [-0.4, -0.2) is 0 Å².